The summed E-state index contributed by atoms with van der Waals surface area (Å²) in [7, 11) is -3.70. The summed E-state index contributed by atoms with van der Waals surface area (Å²) in [4.78, 5) is 12.0. The molecular formula is C17H18F2N2O3S. The SMILES string of the molecule is CS(=O)(=O)N(CC(=O)NCCc1ccc(F)cc1)c1ccc(F)cc1. The molecular weight excluding hydrogens is 350 g/mol. The van der Waals surface area contributed by atoms with E-state index < -0.39 is 28.3 Å². The quantitative estimate of drug-likeness (QED) is 0.814. The fourth-order valence-corrected chi connectivity index (χ4v) is 3.05. The zero-order chi connectivity index (χ0) is 18.4. The number of amides is 1. The molecule has 1 amide bonds. The molecule has 0 atom stereocenters. The molecule has 2 rings (SSSR count). The second-order valence-electron chi connectivity index (χ2n) is 5.47. The number of rotatable bonds is 7. The van der Waals surface area contributed by atoms with Crippen LogP contribution >= 0.6 is 0 Å². The summed E-state index contributed by atoms with van der Waals surface area (Å²) >= 11 is 0. The zero-order valence-corrected chi connectivity index (χ0v) is 14.4. The smallest absolute Gasteiger partial charge is 0.240 e. The van der Waals surface area contributed by atoms with Crippen molar-refractivity contribution in [1.82, 2.24) is 5.32 Å². The lowest BCUT2D eigenvalue weighted by molar-refractivity contribution is -0.119. The molecule has 1 N–H and O–H groups in total. The van der Waals surface area contributed by atoms with Gasteiger partial charge in [-0.05, 0) is 48.4 Å². The van der Waals surface area contributed by atoms with Crippen molar-refractivity contribution >= 4 is 21.6 Å². The fraction of sp³-hybridized carbons (Fsp3) is 0.235. The van der Waals surface area contributed by atoms with Gasteiger partial charge in [0.15, 0.2) is 0 Å². The summed E-state index contributed by atoms with van der Waals surface area (Å²) in [6.45, 7) is -0.126. The average molecular weight is 368 g/mol. The minimum atomic E-state index is -3.70. The van der Waals surface area contributed by atoms with E-state index in [1.54, 1.807) is 12.1 Å². The van der Waals surface area contributed by atoms with Gasteiger partial charge in [0.1, 0.15) is 18.2 Å². The minimum Gasteiger partial charge on any atom is -0.354 e. The van der Waals surface area contributed by atoms with Gasteiger partial charge in [-0.1, -0.05) is 12.1 Å². The van der Waals surface area contributed by atoms with Gasteiger partial charge in [0.05, 0.1) is 11.9 Å². The first-order valence-electron chi connectivity index (χ1n) is 7.50. The maximum Gasteiger partial charge on any atom is 0.240 e. The second kappa shape index (κ2) is 8.06. The largest absolute Gasteiger partial charge is 0.354 e. The van der Waals surface area contributed by atoms with Gasteiger partial charge in [-0.25, -0.2) is 17.2 Å². The molecule has 134 valence electrons. The average Bonchev–Trinajstić information content (AvgIpc) is 2.54. The van der Waals surface area contributed by atoms with E-state index >= 15 is 0 Å². The van der Waals surface area contributed by atoms with E-state index in [1.165, 1.54) is 24.3 Å². The second-order valence-corrected chi connectivity index (χ2v) is 7.38. The maximum atomic E-state index is 13.0. The summed E-state index contributed by atoms with van der Waals surface area (Å²) in [5, 5.41) is 2.62. The van der Waals surface area contributed by atoms with Crippen molar-refractivity contribution in [3.63, 3.8) is 0 Å². The molecule has 0 aromatic heterocycles. The molecule has 0 aliphatic carbocycles. The number of carbonyl (C=O) groups excluding carboxylic acids is 1. The summed E-state index contributed by atoms with van der Waals surface area (Å²) < 4.78 is 50.5. The van der Waals surface area contributed by atoms with E-state index in [1.807, 2.05) is 0 Å². The van der Waals surface area contributed by atoms with Crippen LogP contribution in [0.1, 0.15) is 5.56 Å². The van der Waals surface area contributed by atoms with Crippen LogP contribution in [0.4, 0.5) is 14.5 Å². The van der Waals surface area contributed by atoms with Crippen LogP contribution in [0.25, 0.3) is 0 Å². The molecule has 0 heterocycles. The Labute approximate surface area is 145 Å². The van der Waals surface area contributed by atoms with Gasteiger partial charge in [-0.15, -0.1) is 0 Å². The third-order valence-corrected chi connectivity index (χ3v) is 4.59. The van der Waals surface area contributed by atoms with E-state index in [2.05, 4.69) is 5.32 Å². The highest BCUT2D eigenvalue weighted by atomic mass is 32.2. The number of nitrogens with zero attached hydrogens (tertiary/aromatic N) is 1. The molecule has 5 nitrogen and oxygen atoms in total. The van der Waals surface area contributed by atoms with E-state index in [4.69, 9.17) is 0 Å². The molecule has 0 saturated heterocycles. The van der Waals surface area contributed by atoms with Crippen molar-refractivity contribution in [2.45, 2.75) is 6.42 Å². The first-order chi connectivity index (χ1) is 11.8. The van der Waals surface area contributed by atoms with Gasteiger partial charge in [-0.2, -0.15) is 0 Å². The highest BCUT2D eigenvalue weighted by Gasteiger charge is 2.20. The summed E-state index contributed by atoms with van der Waals surface area (Å²) in [5.41, 5.74) is 1.05. The molecule has 25 heavy (non-hydrogen) atoms. The van der Waals surface area contributed by atoms with Gasteiger partial charge < -0.3 is 5.32 Å². The van der Waals surface area contributed by atoms with E-state index in [0.717, 1.165) is 28.3 Å². The van der Waals surface area contributed by atoms with E-state index in [9.17, 15) is 22.0 Å². The Morgan fingerprint density at radius 1 is 1.00 bits per heavy atom. The number of hydrogen-bond acceptors (Lipinski definition) is 3. The number of hydrogen-bond donors (Lipinski definition) is 1. The lowest BCUT2D eigenvalue weighted by atomic mass is 10.1. The summed E-state index contributed by atoms with van der Waals surface area (Å²) in [6, 6.07) is 10.7. The Balaban J connectivity index is 1.95. The van der Waals surface area contributed by atoms with Gasteiger partial charge in [-0.3, -0.25) is 9.10 Å². The highest BCUT2D eigenvalue weighted by Crippen LogP contribution is 2.17. The minimum absolute atomic E-state index is 0.206. The predicted molar refractivity (Wildman–Crippen MR) is 91.7 cm³/mol. The molecule has 2 aromatic carbocycles. The fourth-order valence-electron chi connectivity index (χ4n) is 2.19. The lowest BCUT2D eigenvalue weighted by Crippen LogP contribution is -2.40. The molecule has 0 fully saturated rings. The van der Waals surface area contributed by atoms with Crippen LogP contribution in [0.15, 0.2) is 48.5 Å². The van der Waals surface area contributed by atoms with Crippen molar-refractivity contribution in [3.8, 4) is 0 Å². The van der Waals surface area contributed by atoms with Crippen molar-refractivity contribution in [3.05, 3.63) is 65.7 Å². The Kier molecular flexibility index (Phi) is 6.08. The molecule has 0 saturated carbocycles. The van der Waals surface area contributed by atoms with Gasteiger partial charge in [0, 0.05) is 6.54 Å². The molecule has 0 unspecified atom stereocenters. The predicted octanol–water partition coefficient (Wildman–Crippen LogP) is 2.09. The van der Waals surface area contributed by atoms with Crippen LogP contribution in [-0.4, -0.2) is 33.7 Å². The molecule has 8 heteroatoms. The van der Waals surface area contributed by atoms with Crippen LogP contribution < -0.4 is 9.62 Å². The number of carbonyl (C=O) groups is 1. The molecule has 0 bridgehead atoms. The van der Waals surface area contributed by atoms with Crippen LogP contribution in [0, 0.1) is 11.6 Å². The number of halogens is 2. The molecule has 0 radical (unpaired) electrons. The molecule has 0 aliphatic heterocycles. The molecule has 0 spiro atoms. The number of nitrogens with one attached hydrogen (secondary N) is 1. The van der Waals surface area contributed by atoms with Crippen LogP contribution in [0.2, 0.25) is 0 Å². The van der Waals surface area contributed by atoms with Crippen LogP contribution in [0.5, 0.6) is 0 Å². The highest BCUT2D eigenvalue weighted by molar-refractivity contribution is 7.92. The lowest BCUT2D eigenvalue weighted by Gasteiger charge is -2.21. The first-order valence-corrected chi connectivity index (χ1v) is 9.35. The third-order valence-electron chi connectivity index (χ3n) is 3.45. The Bertz CT molecular complexity index is 822. The zero-order valence-electron chi connectivity index (χ0n) is 13.6. The van der Waals surface area contributed by atoms with Gasteiger partial charge in [0.2, 0.25) is 15.9 Å². The normalized spacial score (nSPS) is 11.2. The molecule has 2 aromatic rings. The van der Waals surface area contributed by atoms with Gasteiger partial charge >= 0.3 is 0 Å². The van der Waals surface area contributed by atoms with Gasteiger partial charge in [0.25, 0.3) is 0 Å². The number of anilines is 1. The van der Waals surface area contributed by atoms with Crippen molar-refractivity contribution < 1.29 is 22.0 Å². The topological polar surface area (TPSA) is 66.5 Å². The monoisotopic (exact) mass is 368 g/mol. The van der Waals surface area contributed by atoms with Crippen LogP contribution in [-0.2, 0) is 21.2 Å². The summed E-state index contributed by atoms with van der Waals surface area (Å²) in [6.07, 6.45) is 1.46. The first kappa shape index (κ1) is 18.9. The van der Waals surface area contributed by atoms with Crippen LogP contribution in [0.3, 0.4) is 0 Å². The Hall–Kier alpha value is -2.48. The van der Waals surface area contributed by atoms with Crippen molar-refractivity contribution in [2.75, 3.05) is 23.7 Å². The number of benzene rings is 2. The molecule has 0 aliphatic rings. The number of sulfonamides is 1. The van der Waals surface area contributed by atoms with E-state index in [-0.39, 0.29) is 18.0 Å². The third kappa shape index (κ3) is 5.82. The Morgan fingerprint density at radius 3 is 2.04 bits per heavy atom. The Morgan fingerprint density at radius 2 is 1.52 bits per heavy atom. The van der Waals surface area contributed by atoms with Crippen molar-refractivity contribution in [2.24, 2.45) is 0 Å². The standard InChI is InChI=1S/C17H18F2N2O3S/c1-25(23,24)21(16-8-6-15(19)7-9-16)12-17(22)20-11-10-13-2-4-14(18)5-3-13/h2-9H,10-12H2,1H3,(H,20,22). The summed E-state index contributed by atoms with van der Waals surface area (Å²) in [5.74, 6) is -1.33. The maximum absolute atomic E-state index is 13.0. The van der Waals surface area contributed by atoms with Crippen molar-refractivity contribution in [1.29, 1.82) is 0 Å². The van der Waals surface area contributed by atoms with E-state index in [0.29, 0.717) is 6.42 Å².